The van der Waals surface area contributed by atoms with Crippen molar-refractivity contribution < 1.29 is 14.0 Å². The zero-order valence-corrected chi connectivity index (χ0v) is 15.0. The van der Waals surface area contributed by atoms with E-state index in [1.807, 2.05) is 31.2 Å². The molecule has 2 aromatic carbocycles. The normalized spacial score (nSPS) is 17.1. The van der Waals surface area contributed by atoms with E-state index in [1.54, 1.807) is 20.0 Å². The van der Waals surface area contributed by atoms with Crippen molar-refractivity contribution in [2.75, 3.05) is 12.4 Å². The number of carbonyl (C=O) groups excluding carboxylic acids is 2. The van der Waals surface area contributed by atoms with Crippen LogP contribution < -0.4 is 10.6 Å². The van der Waals surface area contributed by atoms with E-state index in [9.17, 15) is 14.0 Å². The third-order valence-electron chi connectivity index (χ3n) is 4.95. The van der Waals surface area contributed by atoms with Crippen molar-refractivity contribution in [2.24, 2.45) is 0 Å². The number of fused-ring (bicyclic) bond motifs is 1. The molecule has 2 atom stereocenters. The van der Waals surface area contributed by atoms with Gasteiger partial charge in [-0.2, -0.15) is 0 Å². The average molecular weight is 355 g/mol. The summed E-state index contributed by atoms with van der Waals surface area (Å²) in [5.41, 5.74) is 2.98. The van der Waals surface area contributed by atoms with E-state index in [4.69, 9.17) is 0 Å². The Morgan fingerprint density at radius 2 is 2.04 bits per heavy atom. The summed E-state index contributed by atoms with van der Waals surface area (Å²) in [5, 5.41) is 5.64. The fourth-order valence-corrected chi connectivity index (χ4v) is 3.25. The molecule has 0 bridgehead atoms. The van der Waals surface area contributed by atoms with Crippen molar-refractivity contribution in [3.63, 3.8) is 0 Å². The zero-order valence-electron chi connectivity index (χ0n) is 15.0. The van der Waals surface area contributed by atoms with E-state index < -0.39 is 5.92 Å². The summed E-state index contributed by atoms with van der Waals surface area (Å²) in [5.74, 6) is -0.848. The fourth-order valence-electron chi connectivity index (χ4n) is 3.25. The van der Waals surface area contributed by atoms with Gasteiger partial charge >= 0.3 is 6.03 Å². The first-order chi connectivity index (χ1) is 12.4. The van der Waals surface area contributed by atoms with Crippen LogP contribution in [0.2, 0.25) is 0 Å². The first kappa shape index (κ1) is 17.9. The minimum atomic E-state index is -0.439. The fraction of sp³-hybridized carbons (Fsp3) is 0.300. The molecule has 6 heteroatoms. The van der Waals surface area contributed by atoms with Crippen LogP contribution in [0.4, 0.5) is 14.9 Å². The number of likely N-dealkylation sites (N-methyl/N-ethyl adjacent to an activating group) is 1. The number of urea groups is 1. The molecule has 26 heavy (non-hydrogen) atoms. The van der Waals surface area contributed by atoms with E-state index in [2.05, 4.69) is 10.6 Å². The first-order valence-electron chi connectivity index (χ1n) is 8.54. The second-order valence-corrected chi connectivity index (χ2v) is 6.64. The van der Waals surface area contributed by atoms with Crippen molar-refractivity contribution in [2.45, 2.75) is 32.4 Å². The number of aryl methyl sites for hydroxylation is 1. The van der Waals surface area contributed by atoms with Crippen LogP contribution in [0.15, 0.2) is 42.5 Å². The lowest BCUT2D eigenvalue weighted by molar-refractivity contribution is -0.124. The number of benzene rings is 2. The van der Waals surface area contributed by atoms with Crippen LogP contribution in [-0.4, -0.2) is 29.9 Å². The molecule has 0 aromatic heterocycles. The third kappa shape index (κ3) is 3.40. The average Bonchev–Trinajstić information content (AvgIpc) is 2.63. The van der Waals surface area contributed by atoms with Crippen LogP contribution >= 0.6 is 0 Å². The van der Waals surface area contributed by atoms with Gasteiger partial charge in [-0.3, -0.25) is 4.79 Å². The molecule has 0 radical (unpaired) electrons. The van der Waals surface area contributed by atoms with E-state index in [0.29, 0.717) is 17.8 Å². The van der Waals surface area contributed by atoms with Gasteiger partial charge in [0.05, 0.1) is 5.92 Å². The summed E-state index contributed by atoms with van der Waals surface area (Å²) in [4.78, 5) is 26.6. The number of halogens is 1. The maximum absolute atomic E-state index is 13.4. The van der Waals surface area contributed by atoms with Gasteiger partial charge in [0.2, 0.25) is 5.91 Å². The SMILES string of the molecule is Cc1cc(NC(=O)N(C)[C@@H](C)C2C(=O)NCc3ccccc32)ccc1F. The number of hydrogen-bond donors (Lipinski definition) is 2. The molecule has 1 aliphatic heterocycles. The molecule has 0 saturated heterocycles. The van der Waals surface area contributed by atoms with Gasteiger partial charge in [0.15, 0.2) is 0 Å². The molecule has 0 aliphatic carbocycles. The van der Waals surface area contributed by atoms with Crippen molar-refractivity contribution in [1.82, 2.24) is 10.2 Å². The van der Waals surface area contributed by atoms with Crippen LogP contribution in [0, 0.1) is 12.7 Å². The highest BCUT2D eigenvalue weighted by Crippen LogP contribution is 2.30. The topological polar surface area (TPSA) is 61.4 Å². The molecule has 3 rings (SSSR count). The monoisotopic (exact) mass is 355 g/mol. The second kappa shape index (κ2) is 7.15. The van der Waals surface area contributed by atoms with Crippen LogP contribution in [0.3, 0.4) is 0 Å². The number of carbonyl (C=O) groups is 2. The molecule has 1 aliphatic rings. The van der Waals surface area contributed by atoms with Crippen LogP contribution in [0.25, 0.3) is 0 Å². The Morgan fingerprint density at radius 1 is 1.31 bits per heavy atom. The smallest absolute Gasteiger partial charge is 0.321 e. The van der Waals surface area contributed by atoms with E-state index in [1.165, 1.54) is 17.0 Å². The van der Waals surface area contributed by atoms with Crippen molar-refractivity contribution in [1.29, 1.82) is 0 Å². The van der Waals surface area contributed by atoms with Gasteiger partial charge in [0, 0.05) is 25.3 Å². The van der Waals surface area contributed by atoms with Gasteiger partial charge < -0.3 is 15.5 Å². The highest BCUT2D eigenvalue weighted by molar-refractivity contribution is 5.91. The zero-order chi connectivity index (χ0) is 18.8. The van der Waals surface area contributed by atoms with Crippen LogP contribution in [0.5, 0.6) is 0 Å². The van der Waals surface area contributed by atoms with Gasteiger partial charge in [-0.25, -0.2) is 9.18 Å². The summed E-state index contributed by atoms with van der Waals surface area (Å²) in [6.45, 7) is 3.99. The van der Waals surface area contributed by atoms with E-state index >= 15 is 0 Å². The molecule has 0 spiro atoms. The predicted octanol–water partition coefficient (Wildman–Crippen LogP) is 3.40. The van der Waals surface area contributed by atoms with Gasteiger partial charge in [0.25, 0.3) is 0 Å². The third-order valence-corrected chi connectivity index (χ3v) is 4.95. The van der Waals surface area contributed by atoms with Gasteiger partial charge in [-0.1, -0.05) is 24.3 Å². The molecule has 1 heterocycles. The molecule has 3 amide bonds. The Kier molecular flexibility index (Phi) is 4.93. The Balaban J connectivity index is 1.78. The number of rotatable bonds is 3. The quantitative estimate of drug-likeness (QED) is 0.886. The predicted molar refractivity (Wildman–Crippen MR) is 98.4 cm³/mol. The highest BCUT2D eigenvalue weighted by atomic mass is 19.1. The van der Waals surface area contributed by atoms with E-state index in [0.717, 1.165) is 11.1 Å². The standard InChI is InChI=1S/C20H22FN3O2/c1-12-10-15(8-9-17(12)21)23-20(26)24(3)13(2)18-16-7-5-4-6-14(16)11-22-19(18)25/h4-10,13,18H,11H2,1-3H3,(H,22,25)(H,23,26)/t13-,18?/m0/s1. The summed E-state index contributed by atoms with van der Waals surface area (Å²) >= 11 is 0. The molecular formula is C20H22FN3O2. The number of nitrogens with zero attached hydrogens (tertiary/aromatic N) is 1. The molecule has 0 fully saturated rings. The maximum Gasteiger partial charge on any atom is 0.321 e. The Morgan fingerprint density at radius 3 is 2.77 bits per heavy atom. The molecule has 136 valence electrons. The van der Waals surface area contributed by atoms with Gasteiger partial charge in [-0.15, -0.1) is 0 Å². The lowest BCUT2D eigenvalue weighted by atomic mass is 9.85. The molecule has 0 saturated carbocycles. The first-order valence-corrected chi connectivity index (χ1v) is 8.54. The summed E-state index contributed by atoms with van der Waals surface area (Å²) in [6.07, 6.45) is 0. The van der Waals surface area contributed by atoms with Crippen molar-refractivity contribution in [3.8, 4) is 0 Å². The number of hydrogen-bond acceptors (Lipinski definition) is 2. The van der Waals surface area contributed by atoms with Crippen molar-refractivity contribution >= 4 is 17.6 Å². The minimum Gasteiger partial charge on any atom is -0.351 e. The summed E-state index contributed by atoms with van der Waals surface area (Å²) < 4.78 is 13.4. The highest BCUT2D eigenvalue weighted by Gasteiger charge is 2.35. The largest absolute Gasteiger partial charge is 0.351 e. The van der Waals surface area contributed by atoms with Crippen LogP contribution in [0.1, 0.15) is 29.5 Å². The lowest BCUT2D eigenvalue weighted by Gasteiger charge is -2.35. The lowest BCUT2D eigenvalue weighted by Crippen LogP contribution is -2.48. The summed E-state index contributed by atoms with van der Waals surface area (Å²) in [7, 11) is 1.65. The van der Waals surface area contributed by atoms with Crippen LogP contribution in [-0.2, 0) is 11.3 Å². The molecule has 5 nitrogen and oxygen atoms in total. The Bertz CT molecular complexity index is 853. The number of amides is 3. The van der Waals surface area contributed by atoms with Gasteiger partial charge in [-0.05, 0) is 48.7 Å². The Hall–Kier alpha value is -2.89. The van der Waals surface area contributed by atoms with E-state index in [-0.39, 0.29) is 23.8 Å². The van der Waals surface area contributed by atoms with Crippen molar-refractivity contribution in [3.05, 3.63) is 65.0 Å². The summed E-state index contributed by atoms with van der Waals surface area (Å²) in [6, 6.07) is 11.5. The minimum absolute atomic E-state index is 0.0894. The second-order valence-electron chi connectivity index (χ2n) is 6.64. The number of anilines is 1. The molecule has 2 N–H and O–H groups in total. The maximum atomic E-state index is 13.4. The molecular weight excluding hydrogens is 333 g/mol. The number of nitrogens with one attached hydrogen (secondary N) is 2. The molecule has 2 aromatic rings. The van der Waals surface area contributed by atoms with Gasteiger partial charge in [0.1, 0.15) is 5.82 Å². The Labute approximate surface area is 152 Å². The molecule has 1 unspecified atom stereocenters.